The Kier molecular flexibility index (Phi) is 5.09. The van der Waals surface area contributed by atoms with Gasteiger partial charge in [0.05, 0.1) is 18.7 Å². The molecular formula is C19H20N3OS+. The number of benzene rings is 1. The highest BCUT2D eigenvalue weighted by Crippen LogP contribution is 2.22. The van der Waals surface area contributed by atoms with Gasteiger partial charge in [0, 0.05) is 6.42 Å². The molecule has 1 unspecified atom stereocenters. The van der Waals surface area contributed by atoms with Gasteiger partial charge >= 0.3 is 0 Å². The molecule has 0 spiro atoms. The molecule has 2 atom stereocenters. The highest BCUT2D eigenvalue weighted by atomic mass is 32.1. The summed E-state index contributed by atoms with van der Waals surface area (Å²) in [7, 11) is 0. The van der Waals surface area contributed by atoms with Gasteiger partial charge in [0.25, 0.3) is 5.91 Å². The normalized spacial score (nSPS) is 18.3. The zero-order valence-corrected chi connectivity index (χ0v) is 14.4. The average molecular weight is 338 g/mol. The maximum Gasteiger partial charge on any atom is 0.283 e. The smallest absolute Gasteiger partial charge is 0.283 e. The molecule has 2 N–H and O–H groups in total. The second kappa shape index (κ2) is 7.43. The molecule has 2 heterocycles. The second-order valence-corrected chi connectivity index (χ2v) is 6.86. The summed E-state index contributed by atoms with van der Waals surface area (Å²) < 4.78 is 0. The van der Waals surface area contributed by atoms with Crippen molar-refractivity contribution in [1.29, 1.82) is 5.26 Å². The molecule has 24 heavy (non-hydrogen) atoms. The first-order valence-electron chi connectivity index (χ1n) is 8.06. The SMILES string of the molecule is C[C@@H](C(=O)Nc1sccc1C#N)[NH+]1CC=C(c2ccccc2)CC1. The van der Waals surface area contributed by atoms with Crippen LogP contribution in [0.1, 0.15) is 24.5 Å². The third-order valence-electron chi connectivity index (χ3n) is 4.50. The van der Waals surface area contributed by atoms with E-state index in [0.29, 0.717) is 10.6 Å². The van der Waals surface area contributed by atoms with Gasteiger partial charge in [-0.15, -0.1) is 11.3 Å². The van der Waals surface area contributed by atoms with Crippen LogP contribution in [-0.2, 0) is 4.79 Å². The van der Waals surface area contributed by atoms with Gasteiger partial charge in [0.1, 0.15) is 11.1 Å². The monoisotopic (exact) mass is 338 g/mol. The summed E-state index contributed by atoms with van der Waals surface area (Å²) >= 11 is 1.39. The summed E-state index contributed by atoms with van der Waals surface area (Å²) in [6, 6.07) is 14.1. The van der Waals surface area contributed by atoms with Gasteiger partial charge in [0.2, 0.25) is 0 Å². The van der Waals surface area contributed by atoms with E-state index >= 15 is 0 Å². The van der Waals surface area contributed by atoms with E-state index in [1.807, 2.05) is 18.4 Å². The molecule has 0 saturated carbocycles. The largest absolute Gasteiger partial charge is 0.321 e. The molecule has 3 rings (SSSR count). The maximum atomic E-state index is 12.5. The Hall–Kier alpha value is -2.42. The van der Waals surface area contributed by atoms with Crippen molar-refractivity contribution in [2.45, 2.75) is 19.4 Å². The van der Waals surface area contributed by atoms with Gasteiger partial charge in [-0.2, -0.15) is 5.26 Å². The summed E-state index contributed by atoms with van der Waals surface area (Å²) in [4.78, 5) is 13.7. The number of hydrogen-bond acceptors (Lipinski definition) is 3. The van der Waals surface area contributed by atoms with Crippen molar-refractivity contribution >= 4 is 27.8 Å². The molecule has 0 saturated heterocycles. The second-order valence-electron chi connectivity index (χ2n) is 5.94. The topological polar surface area (TPSA) is 57.3 Å². The Balaban J connectivity index is 1.62. The quantitative estimate of drug-likeness (QED) is 0.899. The number of nitrogens with one attached hydrogen (secondary N) is 2. The van der Waals surface area contributed by atoms with E-state index in [0.717, 1.165) is 19.5 Å². The molecule has 0 aliphatic carbocycles. The van der Waals surface area contributed by atoms with Crippen LogP contribution in [0.3, 0.4) is 0 Å². The molecule has 1 aromatic heterocycles. The third kappa shape index (κ3) is 3.56. The first-order valence-corrected chi connectivity index (χ1v) is 8.94. The van der Waals surface area contributed by atoms with E-state index in [1.54, 1.807) is 6.07 Å². The summed E-state index contributed by atoms with van der Waals surface area (Å²) in [5, 5.41) is 14.4. The summed E-state index contributed by atoms with van der Waals surface area (Å²) in [5.74, 6) is -0.0273. The molecule has 1 aliphatic heterocycles. The molecule has 1 aliphatic rings. The molecule has 0 bridgehead atoms. The fourth-order valence-corrected chi connectivity index (χ4v) is 3.70. The molecule has 122 valence electrons. The molecule has 5 heteroatoms. The molecule has 2 aromatic rings. The van der Waals surface area contributed by atoms with Gasteiger partial charge < -0.3 is 10.2 Å². The number of carbonyl (C=O) groups is 1. The number of quaternary nitrogens is 1. The fourth-order valence-electron chi connectivity index (χ4n) is 2.96. The number of nitrogens with zero attached hydrogens (tertiary/aromatic N) is 1. The van der Waals surface area contributed by atoms with Crippen LogP contribution in [-0.4, -0.2) is 25.0 Å². The lowest BCUT2D eigenvalue weighted by atomic mass is 9.99. The first kappa shape index (κ1) is 16.4. The van der Waals surface area contributed by atoms with Crippen LogP contribution in [0.15, 0.2) is 47.9 Å². The number of carbonyl (C=O) groups excluding carboxylic acids is 1. The molecule has 1 aromatic carbocycles. The zero-order chi connectivity index (χ0) is 16.9. The lowest BCUT2D eigenvalue weighted by Gasteiger charge is -2.28. The van der Waals surface area contributed by atoms with Crippen LogP contribution in [0.4, 0.5) is 5.00 Å². The predicted octanol–water partition coefficient (Wildman–Crippen LogP) is 2.32. The number of amides is 1. The van der Waals surface area contributed by atoms with E-state index < -0.39 is 0 Å². The number of thiophene rings is 1. The Labute approximate surface area is 146 Å². The van der Waals surface area contributed by atoms with Crippen LogP contribution in [0.25, 0.3) is 5.57 Å². The van der Waals surface area contributed by atoms with E-state index in [-0.39, 0.29) is 11.9 Å². The third-order valence-corrected chi connectivity index (χ3v) is 5.33. The number of nitriles is 1. The van der Waals surface area contributed by atoms with Gasteiger partial charge in [-0.3, -0.25) is 4.79 Å². The van der Waals surface area contributed by atoms with Crippen molar-refractivity contribution in [3.63, 3.8) is 0 Å². The van der Waals surface area contributed by atoms with E-state index in [2.05, 4.69) is 41.7 Å². The van der Waals surface area contributed by atoms with Crippen LogP contribution in [0, 0.1) is 11.3 Å². The minimum atomic E-state index is -0.146. The van der Waals surface area contributed by atoms with Crippen LogP contribution in [0.2, 0.25) is 0 Å². The van der Waals surface area contributed by atoms with E-state index in [1.165, 1.54) is 27.4 Å². The van der Waals surface area contributed by atoms with Gasteiger partial charge in [-0.25, -0.2) is 0 Å². The van der Waals surface area contributed by atoms with E-state index in [9.17, 15) is 4.79 Å². The summed E-state index contributed by atoms with van der Waals surface area (Å²) in [6.07, 6.45) is 3.21. The van der Waals surface area contributed by atoms with Crippen LogP contribution in [0.5, 0.6) is 0 Å². The lowest BCUT2D eigenvalue weighted by Crippen LogP contribution is -3.17. The van der Waals surface area contributed by atoms with Gasteiger partial charge in [-0.05, 0) is 35.6 Å². The molecular weight excluding hydrogens is 318 g/mol. The molecule has 4 nitrogen and oxygen atoms in total. The van der Waals surface area contributed by atoms with Crippen molar-refractivity contribution in [2.75, 3.05) is 18.4 Å². The van der Waals surface area contributed by atoms with E-state index in [4.69, 9.17) is 5.26 Å². The van der Waals surface area contributed by atoms with Gasteiger partial charge in [0.15, 0.2) is 6.04 Å². The van der Waals surface area contributed by atoms with Crippen molar-refractivity contribution < 1.29 is 9.69 Å². The fraction of sp³-hybridized carbons (Fsp3) is 0.263. The molecule has 0 radical (unpaired) electrons. The Morgan fingerprint density at radius 2 is 2.12 bits per heavy atom. The highest BCUT2D eigenvalue weighted by Gasteiger charge is 2.27. The molecule has 1 amide bonds. The average Bonchev–Trinajstić information content (AvgIpc) is 3.09. The first-order chi connectivity index (χ1) is 11.7. The van der Waals surface area contributed by atoms with Crippen LogP contribution >= 0.6 is 11.3 Å². The van der Waals surface area contributed by atoms with Crippen molar-refractivity contribution in [2.24, 2.45) is 0 Å². The predicted molar refractivity (Wildman–Crippen MR) is 96.9 cm³/mol. The summed E-state index contributed by atoms with van der Waals surface area (Å²) in [5.41, 5.74) is 3.16. The minimum Gasteiger partial charge on any atom is -0.321 e. The number of hydrogen-bond donors (Lipinski definition) is 2. The number of anilines is 1. The molecule has 0 fully saturated rings. The van der Waals surface area contributed by atoms with Crippen molar-refractivity contribution in [3.05, 3.63) is 59.0 Å². The van der Waals surface area contributed by atoms with Gasteiger partial charge in [-0.1, -0.05) is 30.3 Å². The Morgan fingerprint density at radius 1 is 1.33 bits per heavy atom. The standard InChI is InChI=1S/C19H19N3OS/c1-14(18(23)21-19-17(13-20)9-12-24-19)22-10-7-16(8-11-22)15-5-3-2-4-6-15/h2-7,9,12,14H,8,10-11H2,1H3,(H,21,23)/p+1/t14-/m0/s1. The van der Waals surface area contributed by atoms with Crippen LogP contribution < -0.4 is 10.2 Å². The number of rotatable bonds is 4. The highest BCUT2D eigenvalue weighted by molar-refractivity contribution is 7.14. The summed E-state index contributed by atoms with van der Waals surface area (Å²) in [6.45, 7) is 3.73. The Morgan fingerprint density at radius 3 is 2.79 bits per heavy atom. The Bertz CT molecular complexity index is 788. The lowest BCUT2D eigenvalue weighted by molar-refractivity contribution is -0.909. The maximum absolute atomic E-state index is 12.5. The minimum absolute atomic E-state index is 0.0273. The van der Waals surface area contributed by atoms with Crippen molar-refractivity contribution in [3.8, 4) is 6.07 Å². The van der Waals surface area contributed by atoms with Crippen molar-refractivity contribution in [1.82, 2.24) is 0 Å². The zero-order valence-electron chi connectivity index (χ0n) is 13.6.